The third-order valence-corrected chi connectivity index (χ3v) is 1.89. The van der Waals surface area contributed by atoms with Gasteiger partial charge in [0, 0.05) is 31.3 Å². The minimum Gasteiger partial charge on any atom is -0.496 e. The first kappa shape index (κ1) is 10.7. The molecule has 1 N–H and O–H groups in total. The summed E-state index contributed by atoms with van der Waals surface area (Å²) in [5.41, 5.74) is 1.38. The number of hydrogen-bond donors (Lipinski definition) is 1. The number of pyridine rings is 1. The average Bonchev–Trinajstić information content (AvgIpc) is 2.18. The second-order valence-electron chi connectivity index (χ2n) is 2.97. The molecule has 76 valence electrons. The molecule has 0 amide bonds. The highest BCUT2D eigenvalue weighted by molar-refractivity contribution is 5.92. The van der Waals surface area contributed by atoms with E-state index in [2.05, 4.69) is 10.3 Å². The van der Waals surface area contributed by atoms with E-state index in [0.717, 1.165) is 5.56 Å². The van der Waals surface area contributed by atoms with Gasteiger partial charge < -0.3 is 10.1 Å². The van der Waals surface area contributed by atoms with Gasteiger partial charge in [0.05, 0.1) is 7.11 Å². The number of methoxy groups -OCH3 is 1. The minimum absolute atomic E-state index is 0.0562. The van der Waals surface area contributed by atoms with Crippen LogP contribution in [-0.2, 0) is 6.54 Å². The van der Waals surface area contributed by atoms with E-state index < -0.39 is 0 Å². The molecule has 0 aliphatic heterocycles. The first-order chi connectivity index (χ1) is 6.69. The van der Waals surface area contributed by atoms with Gasteiger partial charge in [-0.05, 0) is 7.05 Å². The van der Waals surface area contributed by atoms with Crippen LogP contribution >= 0.6 is 0 Å². The van der Waals surface area contributed by atoms with Crippen molar-refractivity contribution < 1.29 is 9.53 Å². The lowest BCUT2D eigenvalue weighted by molar-refractivity contribution is 0.101. The number of ketones is 1. The maximum absolute atomic E-state index is 11.0. The Balaban J connectivity index is 3.04. The quantitative estimate of drug-likeness (QED) is 0.727. The zero-order chi connectivity index (χ0) is 10.6. The Morgan fingerprint density at radius 2 is 2.36 bits per heavy atom. The zero-order valence-corrected chi connectivity index (χ0v) is 8.63. The topological polar surface area (TPSA) is 51.2 Å². The van der Waals surface area contributed by atoms with Crippen molar-refractivity contribution in [1.29, 1.82) is 0 Å². The van der Waals surface area contributed by atoms with Gasteiger partial charge in [-0.25, -0.2) is 0 Å². The number of carbonyl (C=O) groups excluding carboxylic acids is 1. The maximum atomic E-state index is 11.0. The molecule has 4 heteroatoms. The summed E-state index contributed by atoms with van der Waals surface area (Å²) in [6.07, 6.45) is 1.66. The van der Waals surface area contributed by atoms with Crippen LogP contribution in [0.5, 0.6) is 5.75 Å². The van der Waals surface area contributed by atoms with Gasteiger partial charge >= 0.3 is 0 Å². The highest BCUT2D eigenvalue weighted by Gasteiger charge is 2.07. The number of nitrogens with one attached hydrogen (secondary N) is 1. The van der Waals surface area contributed by atoms with Crippen molar-refractivity contribution in [2.24, 2.45) is 0 Å². The molecule has 1 rings (SSSR count). The zero-order valence-electron chi connectivity index (χ0n) is 8.63. The van der Waals surface area contributed by atoms with Gasteiger partial charge in [-0.3, -0.25) is 9.78 Å². The predicted octanol–water partition coefficient (Wildman–Crippen LogP) is 1.01. The van der Waals surface area contributed by atoms with Crippen LogP contribution in [0.2, 0.25) is 0 Å². The van der Waals surface area contributed by atoms with E-state index in [9.17, 15) is 4.79 Å². The van der Waals surface area contributed by atoms with Crippen molar-refractivity contribution in [1.82, 2.24) is 10.3 Å². The average molecular weight is 194 g/mol. The molecule has 4 nitrogen and oxygen atoms in total. The highest BCUT2D eigenvalue weighted by Crippen LogP contribution is 2.18. The summed E-state index contributed by atoms with van der Waals surface area (Å²) in [7, 11) is 3.43. The monoisotopic (exact) mass is 194 g/mol. The summed E-state index contributed by atoms with van der Waals surface area (Å²) in [5, 5.41) is 3.00. The van der Waals surface area contributed by atoms with Gasteiger partial charge in [0.25, 0.3) is 0 Å². The lowest BCUT2D eigenvalue weighted by atomic mass is 10.2. The number of nitrogens with zero attached hydrogens (tertiary/aromatic N) is 1. The molecule has 0 spiro atoms. The van der Waals surface area contributed by atoms with Crippen molar-refractivity contribution in [3.8, 4) is 5.75 Å². The van der Waals surface area contributed by atoms with Crippen molar-refractivity contribution in [2.75, 3.05) is 14.2 Å². The van der Waals surface area contributed by atoms with E-state index in [1.165, 1.54) is 6.92 Å². The van der Waals surface area contributed by atoms with Crippen LogP contribution < -0.4 is 10.1 Å². The summed E-state index contributed by atoms with van der Waals surface area (Å²) >= 11 is 0. The lowest BCUT2D eigenvalue weighted by Gasteiger charge is -2.08. The van der Waals surface area contributed by atoms with E-state index >= 15 is 0 Å². The van der Waals surface area contributed by atoms with E-state index in [-0.39, 0.29) is 5.78 Å². The summed E-state index contributed by atoms with van der Waals surface area (Å²) < 4.78 is 5.16. The fraction of sp³-hybridized carbons (Fsp3) is 0.400. The van der Waals surface area contributed by atoms with Crippen LogP contribution in [0.1, 0.15) is 23.0 Å². The first-order valence-electron chi connectivity index (χ1n) is 4.37. The molecular weight excluding hydrogens is 180 g/mol. The molecule has 0 radical (unpaired) electrons. The van der Waals surface area contributed by atoms with Crippen LogP contribution in [-0.4, -0.2) is 24.9 Å². The van der Waals surface area contributed by atoms with Crippen LogP contribution in [0, 0.1) is 0 Å². The van der Waals surface area contributed by atoms with Gasteiger partial charge in [0.2, 0.25) is 0 Å². The maximum Gasteiger partial charge on any atom is 0.178 e. The van der Waals surface area contributed by atoms with Crippen LogP contribution in [0.25, 0.3) is 0 Å². The Labute approximate surface area is 83.3 Å². The summed E-state index contributed by atoms with van der Waals surface area (Å²) in [6, 6.07) is 1.66. The second kappa shape index (κ2) is 4.72. The lowest BCUT2D eigenvalue weighted by Crippen LogP contribution is -2.08. The van der Waals surface area contributed by atoms with E-state index in [1.54, 1.807) is 19.4 Å². The summed E-state index contributed by atoms with van der Waals surface area (Å²) in [6.45, 7) is 2.16. The molecule has 1 aromatic heterocycles. The van der Waals surface area contributed by atoms with Crippen LogP contribution in [0.15, 0.2) is 12.3 Å². The van der Waals surface area contributed by atoms with Crippen molar-refractivity contribution in [2.45, 2.75) is 13.5 Å². The second-order valence-corrected chi connectivity index (χ2v) is 2.97. The largest absolute Gasteiger partial charge is 0.496 e. The number of Topliss-reactive ketones (excluding diaryl/α,β-unsaturated/α-hetero) is 1. The molecule has 14 heavy (non-hydrogen) atoms. The number of ether oxygens (including phenoxy) is 1. The molecule has 0 bridgehead atoms. The van der Waals surface area contributed by atoms with Crippen LogP contribution in [0.3, 0.4) is 0 Å². The molecule has 1 heterocycles. The Morgan fingerprint density at radius 1 is 1.64 bits per heavy atom. The van der Waals surface area contributed by atoms with Gasteiger partial charge in [-0.15, -0.1) is 0 Å². The minimum atomic E-state index is -0.0562. The predicted molar refractivity (Wildman–Crippen MR) is 53.6 cm³/mol. The molecule has 0 aromatic carbocycles. The molecule has 0 atom stereocenters. The third kappa shape index (κ3) is 2.29. The fourth-order valence-corrected chi connectivity index (χ4v) is 1.17. The number of carbonyl (C=O) groups is 1. The van der Waals surface area contributed by atoms with Crippen molar-refractivity contribution in [3.05, 3.63) is 23.5 Å². The molecule has 0 fully saturated rings. The number of aromatic nitrogens is 1. The summed E-state index contributed by atoms with van der Waals surface area (Å²) in [5.74, 6) is 0.638. The fourth-order valence-electron chi connectivity index (χ4n) is 1.17. The Kier molecular flexibility index (Phi) is 3.59. The van der Waals surface area contributed by atoms with Gasteiger partial charge in [-0.2, -0.15) is 0 Å². The Morgan fingerprint density at radius 3 is 2.86 bits per heavy atom. The molecular formula is C10H14N2O2. The van der Waals surface area contributed by atoms with E-state index in [1.807, 2.05) is 7.05 Å². The van der Waals surface area contributed by atoms with Crippen LogP contribution in [0.4, 0.5) is 0 Å². The van der Waals surface area contributed by atoms with Gasteiger partial charge in [0.15, 0.2) is 5.78 Å². The molecule has 0 aliphatic carbocycles. The highest BCUT2D eigenvalue weighted by atomic mass is 16.5. The SMILES string of the molecule is CNCc1cnc(C(C)=O)cc1OC. The van der Waals surface area contributed by atoms with E-state index in [0.29, 0.717) is 18.0 Å². The smallest absolute Gasteiger partial charge is 0.178 e. The van der Waals surface area contributed by atoms with Gasteiger partial charge in [-0.1, -0.05) is 0 Å². The van der Waals surface area contributed by atoms with E-state index in [4.69, 9.17) is 4.74 Å². The molecule has 0 saturated carbocycles. The normalized spacial score (nSPS) is 9.93. The first-order valence-corrected chi connectivity index (χ1v) is 4.37. The molecule has 1 aromatic rings. The molecule has 0 aliphatic rings. The number of rotatable bonds is 4. The Bertz CT molecular complexity index is 337. The van der Waals surface area contributed by atoms with Crippen molar-refractivity contribution in [3.63, 3.8) is 0 Å². The summed E-state index contributed by atoms with van der Waals surface area (Å²) in [4.78, 5) is 15.1. The molecule has 0 unspecified atom stereocenters. The molecule has 0 saturated heterocycles. The van der Waals surface area contributed by atoms with Gasteiger partial charge in [0.1, 0.15) is 11.4 Å². The number of hydrogen-bond acceptors (Lipinski definition) is 4. The third-order valence-electron chi connectivity index (χ3n) is 1.89. The standard InChI is InChI=1S/C10H14N2O2/c1-7(13)9-4-10(14-3)8(5-11-2)6-12-9/h4,6,11H,5H2,1-3H3. The Hall–Kier alpha value is -1.42. The van der Waals surface area contributed by atoms with Crippen molar-refractivity contribution >= 4 is 5.78 Å².